The van der Waals surface area contributed by atoms with E-state index < -0.39 is 35.4 Å². The number of carbonyl (C=O) groups excluding carboxylic acids is 3. The number of carbonyl (C=O) groups is 3. The number of rotatable bonds is 12. The van der Waals surface area contributed by atoms with Gasteiger partial charge < -0.3 is 24.4 Å². The van der Waals surface area contributed by atoms with Crippen molar-refractivity contribution in [3.05, 3.63) is 71.8 Å². The zero-order valence-corrected chi connectivity index (χ0v) is 24.4. The van der Waals surface area contributed by atoms with Gasteiger partial charge in [0.1, 0.15) is 0 Å². The van der Waals surface area contributed by atoms with Crippen LogP contribution in [0.2, 0.25) is 0 Å². The number of benzene rings is 2. The minimum atomic E-state index is -0.877. The zero-order valence-electron chi connectivity index (χ0n) is 24.4. The molecule has 5 atom stereocenters. The molecule has 2 aromatic rings. The lowest BCUT2D eigenvalue weighted by molar-refractivity contribution is -0.158. The molecule has 8 nitrogen and oxygen atoms in total. The van der Waals surface area contributed by atoms with Crippen molar-refractivity contribution in [2.45, 2.75) is 58.1 Å². The van der Waals surface area contributed by atoms with Crippen LogP contribution in [-0.4, -0.2) is 79.2 Å². The van der Waals surface area contributed by atoms with Crippen LogP contribution in [0.1, 0.15) is 63.2 Å². The average molecular weight is 553 g/mol. The van der Waals surface area contributed by atoms with Gasteiger partial charge in [0.25, 0.3) is 0 Å². The number of ether oxygens (including phenoxy) is 2. The zero-order chi connectivity index (χ0) is 29.3. The SMILES string of the molecule is CCOC(=O)[C@]1(C)CCCN(C[C@H](CC(=O)OC)[C@@H](C(=O)N(C)[C@H](C)[C@H](O)c2ccccc2)c2ccccc2)C1. The number of likely N-dealkylation sites (N-methyl/N-ethyl adjacent to an activating group) is 1. The fourth-order valence-corrected chi connectivity index (χ4v) is 5.73. The van der Waals surface area contributed by atoms with Crippen LogP contribution < -0.4 is 0 Å². The van der Waals surface area contributed by atoms with E-state index in [0.717, 1.165) is 30.5 Å². The Balaban J connectivity index is 1.93. The second-order valence-corrected chi connectivity index (χ2v) is 11.1. The smallest absolute Gasteiger partial charge is 0.313 e. The number of likely N-dealkylation sites (tertiary alicyclic amines) is 1. The van der Waals surface area contributed by atoms with E-state index in [9.17, 15) is 19.5 Å². The monoisotopic (exact) mass is 552 g/mol. The number of methoxy groups -OCH3 is 1. The number of amides is 1. The van der Waals surface area contributed by atoms with E-state index in [-0.39, 0.29) is 18.3 Å². The number of piperidine rings is 1. The first-order valence-electron chi connectivity index (χ1n) is 14.1. The molecule has 0 unspecified atom stereocenters. The van der Waals surface area contributed by atoms with Crippen molar-refractivity contribution in [3.63, 3.8) is 0 Å². The van der Waals surface area contributed by atoms with Gasteiger partial charge in [-0.1, -0.05) is 60.7 Å². The van der Waals surface area contributed by atoms with Crippen LogP contribution in [0.3, 0.4) is 0 Å². The Kier molecular flexibility index (Phi) is 11.3. The Bertz CT molecular complexity index is 1110. The Morgan fingerprint density at radius 2 is 1.65 bits per heavy atom. The third-order valence-corrected chi connectivity index (χ3v) is 8.15. The van der Waals surface area contributed by atoms with Gasteiger partial charge in [0, 0.05) is 20.1 Å². The van der Waals surface area contributed by atoms with E-state index in [1.807, 2.05) is 74.5 Å². The molecule has 1 aliphatic heterocycles. The van der Waals surface area contributed by atoms with Crippen molar-refractivity contribution in [2.75, 3.05) is 40.4 Å². The lowest BCUT2D eigenvalue weighted by Crippen LogP contribution is -2.50. The number of aliphatic hydroxyl groups is 1. The molecule has 8 heteroatoms. The molecule has 0 radical (unpaired) electrons. The lowest BCUT2D eigenvalue weighted by Gasteiger charge is -2.41. The molecule has 40 heavy (non-hydrogen) atoms. The number of aliphatic hydroxyl groups excluding tert-OH is 1. The van der Waals surface area contributed by atoms with Crippen molar-refractivity contribution in [2.24, 2.45) is 11.3 Å². The largest absolute Gasteiger partial charge is 0.469 e. The molecule has 1 amide bonds. The van der Waals surface area contributed by atoms with Crippen LogP contribution in [0.5, 0.6) is 0 Å². The van der Waals surface area contributed by atoms with Gasteiger partial charge in [-0.15, -0.1) is 0 Å². The van der Waals surface area contributed by atoms with Crippen molar-refractivity contribution >= 4 is 17.8 Å². The number of hydrogen-bond donors (Lipinski definition) is 1. The fraction of sp³-hybridized carbons (Fsp3) is 0.531. The van der Waals surface area contributed by atoms with Gasteiger partial charge in [-0.25, -0.2) is 0 Å². The molecule has 1 fully saturated rings. The molecule has 0 aliphatic carbocycles. The molecule has 1 saturated heterocycles. The first-order valence-corrected chi connectivity index (χ1v) is 14.1. The molecule has 1 N–H and O–H groups in total. The normalized spacial score (nSPS) is 20.6. The minimum absolute atomic E-state index is 0.0396. The van der Waals surface area contributed by atoms with E-state index in [1.165, 1.54) is 7.11 Å². The summed E-state index contributed by atoms with van der Waals surface area (Å²) >= 11 is 0. The topological polar surface area (TPSA) is 96.4 Å². The average Bonchev–Trinajstić information content (AvgIpc) is 2.97. The highest BCUT2D eigenvalue weighted by molar-refractivity contribution is 5.85. The summed E-state index contributed by atoms with van der Waals surface area (Å²) < 4.78 is 10.4. The van der Waals surface area contributed by atoms with Gasteiger partial charge in [0.15, 0.2) is 0 Å². The molecule has 0 spiro atoms. The van der Waals surface area contributed by atoms with Crippen molar-refractivity contribution in [1.29, 1.82) is 0 Å². The molecule has 0 saturated carbocycles. The van der Waals surface area contributed by atoms with Crippen molar-refractivity contribution < 1.29 is 29.0 Å². The highest BCUT2D eigenvalue weighted by atomic mass is 16.5. The molecular formula is C32H44N2O6. The molecule has 1 heterocycles. The Morgan fingerprint density at radius 1 is 1.05 bits per heavy atom. The fourth-order valence-electron chi connectivity index (χ4n) is 5.73. The van der Waals surface area contributed by atoms with E-state index in [0.29, 0.717) is 19.7 Å². The van der Waals surface area contributed by atoms with Crippen LogP contribution >= 0.6 is 0 Å². The number of esters is 2. The minimum Gasteiger partial charge on any atom is -0.469 e. The van der Waals surface area contributed by atoms with E-state index in [1.54, 1.807) is 18.9 Å². The van der Waals surface area contributed by atoms with Gasteiger partial charge in [0.2, 0.25) is 5.91 Å². The van der Waals surface area contributed by atoms with Crippen LogP contribution in [-0.2, 0) is 23.9 Å². The Hall–Kier alpha value is -3.23. The first kappa shape index (κ1) is 31.3. The third-order valence-electron chi connectivity index (χ3n) is 8.15. The van der Waals surface area contributed by atoms with Crippen LogP contribution in [0.4, 0.5) is 0 Å². The maximum Gasteiger partial charge on any atom is 0.313 e. The Morgan fingerprint density at radius 3 is 2.23 bits per heavy atom. The number of hydrogen-bond acceptors (Lipinski definition) is 7. The predicted molar refractivity (Wildman–Crippen MR) is 153 cm³/mol. The summed E-state index contributed by atoms with van der Waals surface area (Å²) in [6, 6.07) is 18.2. The summed E-state index contributed by atoms with van der Waals surface area (Å²) in [5, 5.41) is 11.1. The lowest BCUT2D eigenvalue weighted by atomic mass is 9.79. The summed E-state index contributed by atoms with van der Waals surface area (Å²) in [5.41, 5.74) is 0.866. The highest BCUT2D eigenvalue weighted by Gasteiger charge is 2.42. The van der Waals surface area contributed by atoms with Crippen LogP contribution in [0.15, 0.2) is 60.7 Å². The molecule has 3 rings (SSSR count). The highest BCUT2D eigenvalue weighted by Crippen LogP contribution is 2.36. The van der Waals surface area contributed by atoms with E-state index in [2.05, 4.69) is 4.90 Å². The standard InChI is InChI=1S/C32H44N2O6/c1-6-40-31(38)32(3)18-13-19-34(22-32)21-26(20-27(35)39-5)28(24-14-9-7-10-15-24)30(37)33(4)23(2)29(36)25-16-11-8-12-17-25/h7-12,14-17,23,26,28-29,36H,6,13,18-22H2,1-5H3/t23-,26+,28+,29+,32-/m1/s1. The van der Waals surface area contributed by atoms with Crippen LogP contribution in [0, 0.1) is 11.3 Å². The second-order valence-electron chi connectivity index (χ2n) is 11.1. The van der Waals surface area contributed by atoms with Gasteiger partial charge in [-0.3, -0.25) is 14.4 Å². The third kappa shape index (κ3) is 7.70. The van der Waals surface area contributed by atoms with Gasteiger partial charge in [-0.2, -0.15) is 0 Å². The Labute approximate surface area is 238 Å². The molecule has 0 bridgehead atoms. The molecule has 218 valence electrons. The maximum absolute atomic E-state index is 14.3. The van der Waals surface area contributed by atoms with Gasteiger partial charge in [0.05, 0.1) is 43.6 Å². The van der Waals surface area contributed by atoms with E-state index in [4.69, 9.17) is 9.47 Å². The summed E-state index contributed by atoms with van der Waals surface area (Å²) in [6.07, 6.45) is 0.698. The number of nitrogens with zero attached hydrogens (tertiary/aromatic N) is 2. The molecule has 1 aliphatic rings. The first-order chi connectivity index (χ1) is 19.1. The van der Waals surface area contributed by atoms with Crippen LogP contribution in [0.25, 0.3) is 0 Å². The van der Waals surface area contributed by atoms with E-state index >= 15 is 0 Å². The second kappa shape index (κ2) is 14.4. The quantitative estimate of drug-likeness (QED) is 0.395. The summed E-state index contributed by atoms with van der Waals surface area (Å²) in [5.74, 6) is -1.89. The maximum atomic E-state index is 14.3. The molecule has 2 aromatic carbocycles. The van der Waals surface area contributed by atoms with Crippen molar-refractivity contribution in [1.82, 2.24) is 9.80 Å². The van der Waals surface area contributed by atoms with Gasteiger partial charge in [-0.05, 0) is 57.2 Å². The van der Waals surface area contributed by atoms with Crippen molar-refractivity contribution in [3.8, 4) is 0 Å². The summed E-state index contributed by atoms with van der Waals surface area (Å²) in [4.78, 5) is 43.4. The predicted octanol–water partition coefficient (Wildman–Crippen LogP) is 4.20. The molecule has 0 aromatic heterocycles. The summed E-state index contributed by atoms with van der Waals surface area (Å²) in [6.45, 7) is 7.54. The van der Waals surface area contributed by atoms with Gasteiger partial charge >= 0.3 is 11.9 Å². The summed E-state index contributed by atoms with van der Waals surface area (Å²) in [7, 11) is 3.05. The molecular weight excluding hydrogens is 508 g/mol.